The average molecular weight is 220 g/mol. The molecule has 16 heavy (non-hydrogen) atoms. The van der Waals surface area contributed by atoms with E-state index in [4.69, 9.17) is 0 Å². The number of aromatic nitrogens is 2. The van der Waals surface area contributed by atoms with Crippen molar-refractivity contribution in [2.75, 3.05) is 26.7 Å². The van der Waals surface area contributed by atoms with Crippen LogP contribution in [-0.4, -0.2) is 41.8 Å². The summed E-state index contributed by atoms with van der Waals surface area (Å²) in [6, 6.07) is 0. The second-order valence-electron chi connectivity index (χ2n) is 5.09. The molecule has 3 heterocycles. The van der Waals surface area contributed by atoms with Crippen LogP contribution in [-0.2, 0) is 13.0 Å². The van der Waals surface area contributed by atoms with Crippen LogP contribution in [0.4, 0.5) is 0 Å². The van der Waals surface area contributed by atoms with Crippen molar-refractivity contribution in [2.24, 2.45) is 0 Å². The number of rotatable bonds is 1. The summed E-state index contributed by atoms with van der Waals surface area (Å²) in [4.78, 5) is 2.42. The smallest absolute Gasteiger partial charge is 0.0713 e. The van der Waals surface area contributed by atoms with Crippen LogP contribution in [0.2, 0.25) is 0 Å². The molecule has 0 aromatic carbocycles. The van der Waals surface area contributed by atoms with Gasteiger partial charge in [-0.05, 0) is 26.4 Å². The van der Waals surface area contributed by atoms with E-state index in [1.165, 1.54) is 36.3 Å². The Hall–Kier alpha value is -0.870. The molecule has 88 valence electrons. The number of H-pyrrole nitrogens is 1. The van der Waals surface area contributed by atoms with E-state index in [0.29, 0.717) is 5.92 Å². The number of hydrogen-bond donors (Lipinski definition) is 2. The molecule has 0 spiro atoms. The van der Waals surface area contributed by atoms with Gasteiger partial charge in [0.15, 0.2) is 0 Å². The first-order chi connectivity index (χ1) is 7.84. The number of fused-ring (bicyclic) bond motifs is 1. The lowest BCUT2D eigenvalue weighted by molar-refractivity contribution is 0.247. The van der Waals surface area contributed by atoms with Gasteiger partial charge in [0.25, 0.3) is 0 Å². The van der Waals surface area contributed by atoms with Crippen molar-refractivity contribution in [2.45, 2.75) is 31.7 Å². The maximum atomic E-state index is 4.56. The molecule has 4 nitrogen and oxygen atoms in total. The third-order valence-electron chi connectivity index (χ3n) is 3.85. The minimum atomic E-state index is 0.638. The van der Waals surface area contributed by atoms with Gasteiger partial charge in [0, 0.05) is 43.2 Å². The number of piperidine rings is 1. The highest BCUT2D eigenvalue weighted by molar-refractivity contribution is 5.30. The molecule has 1 fully saturated rings. The van der Waals surface area contributed by atoms with E-state index < -0.39 is 0 Å². The van der Waals surface area contributed by atoms with Crippen LogP contribution < -0.4 is 5.32 Å². The molecule has 1 unspecified atom stereocenters. The fourth-order valence-corrected chi connectivity index (χ4v) is 2.98. The number of aromatic amines is 1. The summed E-state index contributed by atoms with van der Waals surface area (Å²) in [7, 11) is 2.21. The maximum absolute atomic E-state index is 4.56. The molecule has 1 aromatic heterocycles. The molecule has 0 amide bonds. The first-order valence-corrected chi connectivity index (χ1v) is 6.30. The molecule has 4 heteroatoms. The van der Waals surface area contributed by atoms with Crippen molar-refractivity contribution in [3.05, 3.63) is 17.0 Å². The standard InChI is InChI=1S/C12H20N4/c1-16-6-2-3-9(8-16)12-10-7-13-5-4-11(10)14-15-12/h9,13H,2-8H2,1H3,(H,14,15). The third kappa shape index (κ3) is 1.76. The van der Waals surface area contributed by atoms with Crippen molar-refractivity contribution in [1.82, 2.24) is 20.4 Å². The summed E-state index contributed by atoms with van der Waals surface area (Å²) in [5.41, 5.74) is 4.14. The fraction of sp³-hybridized carbons (Fsp3) is 0.750. The molecule has 2 aliphatic heterocycles. The summed E-state index contributed by atoms with van der Waals surface area (Å²) in [5, 5.41) is 11.2. The quantitative estimate of drug-likeness (QED) is 0.738. The van der Waals surface area contributed by atoms with Gasteiger partial charge in [-0.15, -0.1) is 0 Å². The summed E-state index contributed by atoms with van der Waals surface area (Å²) < 4.78 is 0. The predicted octanol–water partition coefficient (Wildman–Crippen LogP) is 0.865. The zero-order valence-corrected chi connectivity index (χ0v) is 9.92. The number of likely N-dealkylation sites (tertiary alicyclic amines) is 1. The highest BCUT2D eigenvalue weighted by Gasteiger charge is 2.26. The first-order valence-electron chi connectivity index (χ1n) is 6.30. The molecule has 1 aromatic rings. The van der Waals surface area contributed by atoms with E-state index in [1.54, 1.807) is 0 Å². The van der Waals surface area contributed by atoms with Crippen molar-refractivity contribution >= 4 is 0 Å². The van der Waals surface area contributed by atoms with E-state index in [2.05, 4.69) is 27.5 Å². The molecule has 3 rings (SSSR count). The molecule has 1 saturated heterocycles. The van der Waals surface area contributed by atoms with Crippen molar-refractivity contribution in [3.63, 3.8) is 0 Å². The van der Waals surface area contributed by atoms with E-state index in [-0.39, 0.29) is 0 Å². The second kappa shape index (κ2) is 4.18. The summed E-state index contributed by atoms with van der Waals surface area (Å²) in [6.07, 6.45) is 3.70. The zero-order valence-electron chi connectivity index (χ0n) is 9.92. The van der Waals surface area contributed by atoms with Crippen LogP contribution in [0.1, 0.15) is 35.7 Å². The number of nitrogens with one attached hydrogen (secondary N) is 2. The van der Waals surface area contributed by atoms with Crippen LogP contribution in [0, 0.1) is 0 Å². The third-order valence-corrected chi connectivity index (χ3v) is 3.85. The van der Waals surface area contributed by atoms with E-state index in [1.807, 2.05) is 0 Å². The van der Waals surface area contributed by atoms with Gasteiger partial charge in [0.2, 0.25) is 0 Å². The van der Waals surface area contributed by atoms with Crippen molar-refractivity contribution in [3.8, 4) is 0 Å². The van der Waals surface area contributed by atoms with E-state index in [0.717, 1.165) is 26.1 Å². The van der Waals surface area contributed by atoms with E-state index in [9.17, 15) is 0 Å². The molecule has 2 N–H and O–H groups in total. The summed E-state index contributed by atoms with van der Waals surface area (Å²) >= 11 is 0. The van der Waals surface area contributed by atoms with Gasteiger partial charge in [-0.1, -0.05) is 0 Å². The van der Waals surface area contributed by atoms with Crippen LogP contribution in [0.15, 0.2) is 0 Å². The van der Waals surface area contributed by atoms with Crippen LogP contribution in [0.5, 0.6) is 0 Å². The summed E-state index contributed by atoms with van der Waals surface area (Å²) in [5.74, 6) is 0.638. The van der Waals surface area contributed by atoms with Gasteiger partial charge in [0.05, 0.1) is 5.69 Å². The largest absolute Gasteiger partial charge is 0.312 e. The van der Waals surface area contributed by atoms with Crippen LogP contribution in [0.25, 0.3) is 0 Å². The Balaban J connectivity index is 1.85. The van der Waals surface area contributed by atoms with Crippen LogP contribution in [0.3, 0.4) is 0 Å². The Morgan fingerprint density at radius 2 is 2.38 bits per heavy atom. The lowest BCUT2D eigenvalue weighted by Gasteiger charge is -2.29. The first kappa shape index (κ1) is 10.3. The molecule has 0 saturated carbocycles. The lowest BCUT2D eigenvalue weighted by Crippen LogP contribution is -2.32. The molecule has 0 bridgehead atoms. The normalized spacial score (nSPS) is 26.7. The highest BCUT2D eigenvalue weighted by atomic mass is 15.2. The SMILES string of the molecule is CN1CCCC(c2n[nH]c3c2CNCC3)C1. The zero-order chi connectivity index (χ0) is 11.0. The Labute approximate surface area is 96.4 Å². The highest BCUT2D eigenvalue weighted by Crippen LogP contribution is 2.29. The maximum Gasteiger partial charge on any atom is 0.0713 e. The predicted molar refractivity (Wildman–Crippen MR) is 63.5 cm³/mol. The van der Waals surface area contributed by atoms with Gasteiger partial charge in [-0.25, -0.2) is 0 Å². The topological polar surface area (TPSA) is 44.0 Å². The Kier molecular flexibility index (Phi) is 2.69. The molecule has 2 aliphatic rings. The Bertz CT molecular complexity index is 371. The minimum Gasteiger partial charge on any atom is -0.312 e. The van der Waals surface area contributed by atoms with Crippen molar-refractivity contribution < 1.29 is 0 Å². The molecule has 0 radical (unpaired) electrons. The number of nitrogens with zero attached hydrogens (tertiary/aromatic N) is 2. The molecular weight excluding hydrogens is 200 g/mol. The van der Waals surface area contributed by atoms with E-state index >= 15 is 0 Å². The van der Waals surface area contributed by atoms with Crippen LogP contribution >= 0.6 is 0 Å². The molecule has 1 atom stereocenters. The molecular formula is C12H20N4. The minimum absolute atomic E-state index is 0.638. The fourth-order valence-electron chi connectivity index (χ4n) is 2.98. The van der Waals surface area contributed by atoms with Crippen molar-refractivity contribution in [1.29, 1.82) is 0 Å². The monoisotopic (exact) mass is 220 g/mol. The van der Waals surface area contributed by atoms with Gasteiger partial charge < -0.3 is 10.2 Å². The number of hydrogen-bond acceptors (Lipinski definition) is 3. The van der Waals surface area contributed by atoms with Gasteiger partial charge in [-0.2, -0.15) is 5.10 Å². The van der Waals surface area contributed by atoms with Gasteiger partial charge in [-0.3, -0.25) is 5.10 Å². The Morgan fingerprint density at radius 1 is 1.44 bits per heavy atom. The second-order valence-corrected chi connectivity index (χ2v) is 5.09. The molecule has 0 aliphatic carbocycles. The number of likely N-dealkylation sites (N-methyl/N-ethyl adjacent to an activating group) is 1. The lowest BCUT2D eigenvalue weighted by atomic mass is 9.91. The van der Waals surface area contributed by atoms with Gasteiger partial charge >= 0.3 is 0 Å². The average Bonchev–Trinajstić information content (AvgIpc) is 2.72. The van der Waals surface area contributed by atoms with Gasteiger partial charge in [0.1, 0.15) is 0 Å². The Morgan fingerprint density at radius 3 is 3.25 bits per heavy atom. The summed E-state index contributed by atoms with van der Waals surface area (Å²) in [6.45, 7) is 4.49.